The molecular weight excluding hydrogens is 595 g/mol. The van der Waals surface area contributed by atoms with Crippen LogP contribution in [0.2, 0.25) is 0 Å². The molecule has 1 heterocycles. The second-order valence-corrected chi connectivity index (χ2v) is 14.5. The Morgan fingerprint density at radius 1 is 0.469 bits per heavy atom. The predicted molar refractivity (Wildman–Crippen MR) is 203 cm³/mol. The van der Waals surface area contributed by atoms with E-state index in [1.54, 1.807) is 0 Å². The SMILES string of the molecule is CC(C)(C)c1ccc(N(c2ccccc2)c2ccc3c(c2)C2(c4ccccc4-3)c3ccccc3-c3c2ccc2c3oc3ccccc32)cc1. The standard InChI is InChI=1S/C47H35NO/c1-46(2,3)30-21-23-32(24-22-30)48(31-13-5-4-6-14-31)33-25-26-35-34-15-7-10-18-39(34)47(42(35)29-33)40-19-11-8-17-38(40)44-41(47)28-27-37-36-16-9-12-20-43(36)49-45(37)44/h4-29H,1-3H3. The summed E-state index contributed by atoms with van der Waals surface area (Å²) >= 11 is 0. The minimum absolute atomic E-state index is 0.0797. The van der Waals surface area contributed by atoms with Crippen LogP contribution >= 0.6 is 0 Å². The normalized spacial score (nSPS) is 15.7. The average molecular weight is 630 g/mol. The number of benzene rings is 7. The van der Waals surface area contributed by atoms with Crippen LogP contribution in [0.1, 0.15) is 48.6 Å². The van der Waals surface area contributed by atoms with Gasteiger partial charge >= 0.3 is 0 Å². The summed E-state index contributed by atoms with van der Waals surface area (Å²) in [5.74, 6) is 0. The molecule has 10 rings (SSSR count). The lowest BCUT2D eigenvalue weighted by molar-refractivity contribution is 0.590. The highest BCUT2D eigenvalue weighted by molar-refractivity contribution is 6.13. The zero-order chi connectivity index (χ0) is 32.9. The summed E-state index contributed by atoms with van der Waals surface area (Å²) in [6.45, 7) is 6.81. The summed E-state index contributed by atoms with van der Waals surface area (Å²) in [6, 6.07) is 58.0. The van der Waals surface area contributed by atoms with E-state index in [0.29, 0.717) is 0 Å². The summed E-state index contributed by atoms with van der Waals surface area (Å²) in [6.07, 6.45) is 0. The van der Waals surface area contributed by atoms with Gasteiger partial charge < -0.3 is 9.32 Å². The molecule has 1 atom stereocenters. The van der Waals surface area contributed by atoms with Crippen LogP contribution in [0.25, 0.3) is 44.2 Å². The van der Waals surface area contributed by atoms with Gasteiger partial charge in [-0.1, -0.05) is 136 Å². The lowest BCUT2D eigenvalue weighted by Crippen LogP contribution is -2.26. The van der Waals surface area contributed by atoms with Gasteiger partial charge in [0.15, 0.2) is 0 Å². The van der Waals surface area contributed by atoms with Crippen LogP contribution in [-0.2, 0) is 10.8 Å². The van der Waals surface area contributed by atoms with Crippen LogP contribution in [0.3, 0.4) is 0 Å². The van der Waals surface area contributed by atoms with Gasteiger partial charge in [0.25, 0.3) is 0 Å². The molecular formula is C47H35NO. The third-order valence-electron chi connectivity index (χ3n) is 10.8. The molecule has 0 saturated heterocycles. The minimum Gasteiger partial charge on any atom is -0.455 e. The zero-order valence-electron chi connectivity index (χ0n) is 27.9. The first-order valence-corrected chi connectivity index (χ1v) is 17.2. The molecule has 1 unspecified atom stereocenters. The number of nitrogens with zero attached hydrogens (tertiary/aromatic N) is 1. The molecule has 0 aliphatic heterocycles. The maximum Gasteiger partial charge on any atom is 0.143 e. The van der Waals surface area contributed by atoms with E-state index < -0.39 is 5.41 Å². The van der Waals surface area contributed by atoms with Crippen LogP contribution < -0.4 is 4.90 Å². The number of hydrogen-bond acceptors (Lipinski definition) is 2. The van der Waals surface area contributed by atoms with Gasteiger partial charge in [0, 0.05) is 33.4 Å². The molecule has 0 fully saturated rings. The second-order valence-electron chi connectivity index (χ2n) is 14.5. The Kier molecular flexibility index (Phi) is 5.79. The fraction of sp³-hybridized carbons (Fsp3) is 0.106. The second kappa shape index (κ2) is 10.1. The summed E-state index contributed by atoms with van der Waals surface area (Å²) in [4.78, 5) is 2.40. The molecule has 234 valence electrons. The number of furan rings is 1. The van der Waals surface area contributed by atoms with Gasteiger partial charge in [-0.2, -0.15) is 0 Å². The topological polar surface area (TPSA) is 16.4 Å². The zero-order valence-corrected chi connectivity index (χ0v) is 27.9. The Hall–Kier alpha value is -5.86. The third kappa shape index (κ3) is 3.83. The Bertz CT molecular complexity index is 2590. The molecule has 2 heteroatoms. The fourth-order valence-electron chi connectivity index (χ4n) is 8.66. The van der Waals surface area contributed by atoms with Gasteiger partial charge in [-0.25, -0.2) is 0 Å². The van der Waals surface area contributed by atoms with Crippen molar-refractivity contribution in [1.82, 2.24) is 0 Å². The van der Waals surface area contributed by atoms with E-state index in [4.69, 9.17) is 4.42 Å². The maximum atomic E-state index is 6.73. The predicted octanol–water partition coefficient (Wildman–Crippen LogP) is 12.7. The average Bonchev–Trinajstić information content (AvgIpc) is 3.76. The Labute approximate surface area is 286 Å². The van der Waals surface area contributed by atoms with Crippen molar-refractivity contribution in [3.05, 3.63) is 186 Å². The highest BCUT2D eigenvalue weighted by Gasteiger charge is 2.52. The van der Waals surface area contributed by atoms with Crippen LogP contribution in [0.15, 0.2) is 162 Å². The molecule has 2 aliphatic rings. The van der Waals surface area contributed by atoms with Gasteiger partial charge in [0.05, 0.1) is 5.41 Å². The Morgan fingerprint density at radius 3 is 1.86 bits per heavy atom. The maximum absolute atomic E-state index is 6.73. The van der Waals surface area contributed by atoms with E-state index in [2.05, 4.69) is 183 Å². The Balaban J connectivity index is 1.27. The van der Waals surface area contributed by atoms with Gasteiger partial charge in [-0.3, -0.25) is 0 Å². The van der Waals surface area contributed by atoms with Gasteiger partial charge in [0.1, 0.15) is 11.2 Å². The van der Waals surface area contributed by atoms with Crippen LogP contribution in [0, 0.1) is 0 Å². The Morgan fingerprint density at radius 2 is 1.08 bits per heavy atom. The molecule has 0 radical (unpaired) electrons. The number of hydrogen-bond donors (Lipinski definition) is 0. The first-order valence-electron chi connectivity index (χ1n) is 17.2. The fourth-order valence-corrected chi connectivity index (χ4v) is 8.66. The first kappa shape index (κ1) is 28.2. The van der Waals surface area contributed by atoms with Crippen molar-refractivity contribution in [2.75, 3.05) is 4.90 Å². The summed E-state index contributed by atoms with van der Waals surface area (Å²) in [7, 11) is 0. The molecule has 8 aromatic rings. The molecule has 7 aromatic carbocycles. The molecule has 2 nitrogen and oxygen atoms in total. The van der Waals surface area contributed by atoms with E-state index in [-0.39, 0.29) is 5.41 Å². The molecule has 49 heavy (non-hydrogen) atoms. The van der Waals surface area contributed by atoms with Crippen LogP contribution in [0.4, 0.5) is 17.1 Å². The largest absolute Gasteiger partial charge is 0.455 e. The van der Waals surface area contributed by atoms with Gasteiger partial charge in [0.2, 0.25) is 0 Å². The molecule has 0 bridgehead atoms. The third-order valence-corrected chi connectivity index (χ3v) is 10.8. The van der Waals surface area contributed by atoms with Gasteiger partial charge in [-0.05, 0) is 92.4 Å². The molecule has 0 amide bonds. The molecule has 2 aliphatic carbocycles. The van der Waals surface area contributed by atoms with E-state index in [1.165, 1.54) is 50.1 Å². The van der Waals surface area contributed by atoms with Crippen molar-refractivity contribution >= 4 is 39.0 Å². The van der Waals surface area contributed by atoms with Crippen molar-refractivity contribution in [1.29, 1.82) is 0 Å². The highest BCUT2D eigenvalue weighted by Crippen LogP contribution is 2.64. The van der Waals surface area contributed by atoms with Gasteiger partial charge in [-0.15, -0.1) is 0 Å². The highest BCUT2D eigenvalue weighted by atomic mass is 16.3. The van der Waals surface area contributed by atoms with E-state index in [1.807, 2.05) is 0 Å². The molecule has 0 N–H and O–H groups in total. The summed E-state index contributed by atoms with van der Waals surface area (Å²) in [5.41, 5.74) is 16.5. The number of anilines is 3. The summed E-state index contributed by atoms with van der Waals surface area (Å²) < 4.78 is 6.73. The number of rotatable bonds is 3. The number of para-hydroxylation sites is 2. The number of fused-ring (bicyclic) bond motifs is 14. The van der Waals surface area contributed by atoms with Crippen LogP contribution in [0.5, 0.6) is 0 Å². The van der Waals surface area contributed by atoms with Crippen molar-refractivity contribution < 1.29 is 4.42 Å². The molecule has 1 spiro atoms. The van der Waals surface area contributed by atoms with E-state index in [9.17, 15) is 0 Å². The first-order chi connectivity index (χ1) is 23.9. The lowest BCUT2D eigenvalue weighted by Gasteiger charge is -2.32. The molecule has 0 saturated carbocycles. The minimum atomic E-state index is -0.487. The van der Waals surface area contributed by atoms with Crippen molar-refractivity contribution in [2.24, 2.45) is 0 Å². The molecule has 1 aromatic heterocycles. The van der Waals surface area contributed by atoms with E-state index in [0.717, 1.165) is 39.0 Å². The lowest BCUT2D eigenvalue weighted by atomic mass is 9.70. The van der Waals surface area contributed by atoms with Crippen molar-refractivity contribution in [3.8, 4) is 22.3 Å². The van der Waals surface area contributed by atoms with Crippen molar-refractivity contribution in [2.45, 2.75) is 31.6 Å². The quantitative estimate of drug-likeness (QED) is 0.193. The van der Waals surface area contributed by atoms with E-state index >= 15 is 0 Å². The van der Waals surface area contributed by atoms with Crippen LogP contribution in [-0.4, -0.2) is 0 Å². The summed E-state index contributed by atoms with van der Waals surface area (Å²) in [5, 5.41) is 2.32. The smallest absolute Gasteiger partial charge is 0.143 e. The monoisotopic (exact) mass is 629 g/mol. The van der Waals surface area contributed by atoms with Crippen molar-refractivity contribution in [3.63, 3.8) is 0 Å².